The smallest absolute Gasteiger partial charge is 0.433 e. The van der Waals surface area contributed by atoms with Crippen LogP contribution in [0.1, 0.15) is 5.69 Å². The third-order valence-electron chi connectivity index (χ3n) is 2.93. The predicted molar refractivity (Wildman–Crippen MR) is 70.8 cm³/mol. The summed E-state index contributed by atoms with van der Waals surface area (Å²) in [5.41, 5.74) is -1.24. The molecule has 2 aromatic heterocycles. The largest absolute Gasteiger partial charge is 0.491 e. The Morgan fingerprint density at radius 1 is 1.14 bits per heavy atom. The summed E-state index contributed by atoms with van der Waals surface area (Å²) in [4.78, 5) is 15.4. The summed E-state index contributed by atoms with van der Waals surface area (Å²) in [5.74, 6) is -0.333. The maximum atomic E-state index is 12.7. The lowest BCUT2D eigenvalue weighted by Gasteiger charge is -2.13. The van der Waals surface area contributed by atoms with E-state index in [4.69, 9.17) is 9.47 Å². The zero-order valence-corrected chi connectivity index (χ0v) is 11.9. The van der Waals surface area contributed by atoms with Gasteiger partial charge in [-0.25, -0.2) is 9.67 Å². The number of aromatic nitrogens is 3. The van der Waals surface area contributed by atoms with Crippen LogP contribution in [0.5, 0.6) is 11.6 Å². The van der Waals surface area contributed by atoms with E-state index in [1.54, 1.807) is 0 Å². The standard InChI is InChI=1S/C13H12F3N3O3/c1-19-12(20)10(21-2)8(6-17-19)7-4-5-9(13(14,15)16)18-11(7)22-3/h4-6H,1-3H3. The fourth-order valence-corrected chi connectivity index (χ4v) is 1.87. The molecule has 0 radical (unpaired) electrons. The summed E-state index contributed by atoms with van der Waals surface area (Å²) in [6, 6.07) is 1.96. The van der Waals surface area contributed by atoms with Gasteiger partial charge in [-0.05, 0) is 12.1 Å². The van der Waals surface area contributed by atoms with E-state index in [9.17, 15) is 18.0 Å². The molecule has 0 aromatic carbocycles. The molecular formula is C13H12F3N3O3. The van der Waals surface area contributed by atoms with Crippen molar-refractivity contribution in [2.24, 2.45) is 7.05 Å². The predicted octanol–water partition coefficient (Wildman–Crippen LogP) is 1.88. The first-order valence-electron chi connectivity index (χ1n) is 6.02. The third kappa shape index (κ3) is 2.74. The fraction of sp³-hybridized carbons (Fsp3) is 0.308. The minimum absolute atomic E-state index is 0.0580. The summed E-state index contributed by atoms with van der Waals surface area (Å²) in [6.45, 7) is 0. The van der Waals surface area contributed by atoms with E-state index in [0.717, 1.165) is 16.8 Å². The Hall–Kier alpha value is -2.58. The lowest BCUT2D eigenvalue weighted by Crippen LogP contribution is -2.21. The molecule has 0 N–H and O–H groups in total. The van der Waals surface area contributed by atoms with Gasteiger partial charge in [0.2, 0.25) is 5.88 Å². The molecule has 0 unspecified atom stereocenters. The van der Waals surface area contributed by atoms with Crippen LogP contribution in [0.15, 0.2) is 23.1 Å². The Kier molecular flexibility index (Phi) is 4.07. The average molecular weight is 315 g/mol. The number of rotatable bonds is 3. The number of halogens is 3. The number of alkyl halides is 3. The number of pyridine rings is 1. The zero-order chi connectivity index (χ0) is 16.5. The molecule has 9 heteroatoms. The summed E-state index contributed by atoms with van der Waals surface area (Å²) < 4.78 is 49.1. The summed E-state index contributed by atoms with van der Waals surface area (Å²) in [5, 5.41) is 3.83. The molecule has 0 saturated heterocycles. The van der Waals surface area contributed by atoms with Crippen LogP contribution in [0.3, 0.4) is 0 Å². The fourth-order valence-electron chi connectivity index (χ4n) is 1.87. The summed E-state index contributed by atoms with van der Waals surface area (Å²) in [6.07, 6.45) is -3.30. The van der Waals surface area contributed by atoms with E-state index in [1.165, 1.54) is 27.5 Å². The molecule has 6 nitrogen and oxygen atoms in total. The first kappa shape index (κ1) is 15.8. The highest BCUT2D eigenvalue weighted by Gasteiger charge is 2.33. The summed E-state index contributed by atoms with van der Waals surface area (Å²) in [7, 11) is 3.90. The van der Waals surface area contributed by atoms with Crippen molar-refractivity contribution >= 4 is 0 Å². The van der Waals surface area contributed by atoms with Gasteiger partial charge < -0.3 is 9.47 Å². The Morgan fingerprint density at radius 2 is 1.82 bits per heavy atom. The topological polar surface area (TPSA) is 66.2 Å². The molecule has 2 aromatic rings. The molecule has 0 saturated carbocycles. The highest BCUT2D eigenvalue weighted by Crippen LogP contribution is 2.36. The normalized spacial score (nSPS) is 11.4. The van der Waals surface area contributed by atoms with Gasteiger partial charge in [0.05, 0.1) is 26.0 Å². The monoisotopic (exact) mass is 315 g/mol. The molecule has 22 heavy (non-hydrogen) atoms. The SMILES string of the molecule is COc1nc(C(F)(F)F)ccc1-c1cnn(C)c(=O)c1OC. The van der Waals surface area contributed by atoms with Gasteiger partial charge in [-0.15, -0.1) is 0 Å². The average Bonchev–Trinajstić information content (AvgIpc) is 2.48. The Balaban J connectivity index is 2.68. The Morgan fingerprint density at radius 3 is 2.36 bits per heavy atom. The van der Waals surface area contributed by atoms with E-state index in [-0.39, 0.29) is 22.8 Å². The maximum absolute atomic E-state index is 12.7. The number of hydrogen-bond donors (Lipinski definition) is 0. The van der Waals surface area contributed by atoms with E-state index in [2.05, 4.69) is 10.1 Å². The van der Waals surface area contributed by atoms with Crippen LogP contribution >= 0.6 is 0 Å². The van der Waals surface area contributed by atoms with Gasteiger partial charge >= 0.3 is 11.7 Å². The van der Waals surface area contributed by atoms with E-state index < -0.39 is 17.4 Å². The maximum Gasteiger partial charge on any atom is 0.433 e. The second-order valence-electron chi connectivity index (χ2n) is 4.27. The van der Waals surface area contributed by atoms with Crippen molar-refractivity contribution in [3.05, 3.63) is 34.4 Å². The van der Waals surface area contributed by atoms with Gasteiger partial charge in [0.25, 0.3) is 0 Å². The van der Waals surface area contributed by atoms with Crippen molar-refractivity contribution in [1.29, 1.82) is 0 Å². The molecule has 118 valence electrons. The highest BCUT2D eigenvalue weighted by molar-refractivity contribution is 5.73. The minimum atomic E-state index is -4.60. The number of methoxy groups -OCH3 is 2. The van der Waals surface area contributed by atoms with Crippen LogP contribution in [0.4, 0.5) is 13.2 Å². The van der Waals surface area contributed by atoms with Gasteiger partial charge in [-0.2, -0.15) is 18.3 Å². The molecule has 0 fully saturated rings. The lowest BCUT2D eigenvalue weighted by molar-refractivity contribution is -0.141. The van der Waals surface area contributed by atoms with E-state index in [1.807, 2.05) is 0 Å². The molecule has 0 bridgehead atoms. The molecule has 0 aliphatic carbocycles. The van der Waals surface area contributed by atoms with Gasteiger partial charge in [0.15, 0.2) is 5.75 Å². The minimum Gasteiger partial charge on any atom is -0.491 e. The van der Waals surface area contributed by atoms with E-state index >= 15 is 0 Å². The number of aryl methyl sites for hydroxylation is 1. The van der Waals surface area contributed by atoms with Gasteiger partial charge in [-0.3, -0.25) is 4.79 Å². The van der Waals surface area contributed by atoms with Crippen molar-refractivity contribution < 1.29 is 22.6 Å². The third-order valence-corrected chi connectivity index (χ3v) is 2.93. The van der Waals surface area contributed by atoms with Crippen LogP contribution in [-0.4, -0.2) is 29.0 Å². The first-order chi connectivity index (χ1) is 10.3. The molecule has 0 spiro atoms. The summed E-state index contributed by atoms with van der Waals surface area (Å²) >= 11 is 0. The van der Waals surface area contributed by atoms with Crippen LogP contribution in [0, 0.1) is 0 Å². The highest BCUT2D eigenvalue weighted by atomic mass is 19.4. The van der Waals surface area contributed by atoms with Crippen LogP contribution in [0.25, 0.3) is 11.1 Å². The molecule has 0 atom stereocenters. The van der Waals surface area contributed by atoms with Gasteiger partial charge in [-0.1, -0.05) is 0 Å². The zero-order valence-electron chi connectivity index (χ0n) is 11.9. The van der Waals surface area contributed by atoms with Crippen molar-refractivity contribution in [2.75, 3.05) is 14.2 Å². The molecule has 2 rings (SSSR count). The first-order valence-corrected chi connectivity index (χ1v) is 6.02. The molecule has 0 amide bonds. The van der Waals surface area contributed by atoms with Crippen molar-refractivity contribution in [2.45, 2.75) is 6.18 Å². The van der Waals surface area contributed by atoms with Crippen molar-refractivity contribution in [3.63, 3.8) is 0 Å². The Labute approximate surface area is 123 Å². The molecule has 0 aliphatic heterocycles. The number of hydrogen-bond acceptors (Lipinski definition) is 5. The van der Waals surface area contributed by atoms with Crippen molar-refractivity contribution in [3.8, 4) is 22.8 Å². The van der Waals surface area contributed by atoms with Crippen molar-refractivity contribution in [1.82, 2.24) is 14.8 Å². The number of nitrogens with zero attached hydrogens (tertiary/aromatic N) is 3. The van der Waals surface area contributed by atoms with Gasteiger partial charge in [0, 0.05) is 12.6 Å². The molecule has 0 aliphatic rings. The number of ether oxygens (including phenoxy) is 2. The second-order valence-corrected chi connectivity index (χ2v) is 4.27. The molecular weight excluding hydrogens is 303 g/mol. The molecule has 2 heterocycles. The Bertz CT molecular complexity index is 756. The lowest BCUT2D eigenvalue weighted by atomic mass is 10.1. The van der Waals surface area contributed by atoms with E-state index in [0.29, 0.717) is 0 Å². The van der Waals surface area contributed by atoms with Crippen LogP contribution in [0.2, 0.25) is 0 Å². The van der Waals surface area contributed by atoms with Crippen LogP contribution < -0.4 is 15.0 Å². The second kappa shape index (κ2) is 5.66. The van der Waals surface area contributed by atoms with Crippen LogP contribution in [-0.2, 0) is 13.2 Å². The van der Waals surface area contributed by atoms with Gasteiger partial charge in [0.1, 0.15) is 5.69 Å². The quantitative estimate of drug-likeness (QED) is 0.865.